The molecule has 0 bridgehead atoms. The number of hydrogen-bond donors (Lipinski definition) is 1. The first kappa shape index (κ1) is 24.5. The van der Waals surface area contributed by atoms with Crippen molar-refractivity contribution < 1.29 is 22.7 Å². The van der Waals surface area contributed by atoms with Gasteiger partial charge >= 0.3 is 0 Å². The summed E-state index contributed by atoms with van der Waals surface area (Å²) in [5, 5.41) is 3.11. The molecule has 1 saturated heterocycles. The molecule has 0 atom stereocenters. The fraction of sp³-hybridized carbons (Fsp3) is 0.609. The van der Waals surface area contributed by atoms with Crippen molar-refractivity contribution >= 4 is 16.1 Å². The molecular weight excluding hydrogens is 430 g/mol. The zero-order valence-corrected chi connectivity index (χ0v) is 20.3. The van der Waals surface area contributed by atoms with Crippen molar-refractivity contribution in [2.45, 2.75) is 38.5 Å². The van der Waals surface area contributed by atoms with Crippen molar-refractivity contribution in [2.24, 2.45) is 5.41 Å². The van der Waals surface area contributed by atoms with Crippen LogP contribution in [-0.4, -0.2) is 70.9 Å². The van der Waals surface area contributed by atoms with E-state index >= 15 is 0 Å². The van der Waals surface area contributed by atoms with E-state index in [0.717, 1.165) is 19.3 Å². The van der Waals surface area contributed by atoms with Crippen LogP contribution >= 0.6 is 0 Å². The van der Waals surface area contributed by atoms with E-state index in [9.17, 15) is 13.2 Å². The summed E-state index contributed by atoms with van der Waals surface area (Å²) in [4.78, 5) is 13.2. The zero-order valence-electron chi connectivity index (χ0n) is 19.5. The fourth-order valence-corrected chi connectivity index (χ4v) is 5.83. The Labute approximate surface area is 191 Å². The maximum atomic E-state index is 13.2. The Hall–Kier alpha value is -2.10. The van der Waals surface area contributed by atoms with Crippen LogP contribution < -0.4 is 14.8 Å². The number of nitrogens with one attached hydrogen (secondary N) is 1. The topological polar surface area (TPSA) is 88.2 Å². The van der Waals surface area contributed by atoms with E-state index in [1.807, 2.05) is 0 Å². The van der Waals surface area contributed by atoms with Crippen molar-refractivity contribution in [3.8, 4) is 11.5 Å². The van der Waals surface area contributed by atoms with Crippen molar-refractivity contribution in [1.29, 1.82) is 0 Å². The minimum absolute atomic E-state index is 0.246. The molecule has 0 radical (unpaired) electrons. The van der Waals surface area contributed by atoms with Crippen LogP contribution in [0.15, 0.2) is 29.8 Å². The van der Waals surface area contributed by atoms with Gasteiger partial charge in [0, 0.05) is 39.1 Å². The lowest BCUT2D eigenvalue weighted by molar-refractivity contribution is 0.0909. The third-order valence-corrected chi connectivity index (χ3v) is 8.62. The predicted molar refractivity (Wildman–Crippen MR) is 124 cm³/mol. The first-order valence-corrected chi connectivity index (χ1v) is 12.5. The van der Waals surface area contributed by atoms with Gasteiger partial charge < -0.3 is 14.8 Å². The summed E-state index contributed by atoms with van der Waals surface area (Å²) in [5.41, 5.74) is 1.47. The molecule has 2 aliphatic rings. The van der Waals surface area contributed by atoms with Crippen LogP contribution in [0.3, 0.4) is 0 Å². The number of rotatable bonds is 8. The highest BCUT2D eigenvalue weighted by atomic mass is 32.2. The molecular formula is C23H35N3O5S. The number of benzene rings is 1. The third-order valence-electron chi connectivity index (χ3n) is 6.68. The van der Waals surface area contributed by atoms with Gasteiger partial charge in [-0.15, -0.1) is 0 Å². The summed E-state index contributed by atoms with van der Waals surface area (Å²) in [6.45, 7) is 1.33. The highest BCUT2D eigenvalue weighted by Crippen LogP contribution is 2.43. The van der Waals surface area contributed by atoms with Gasteiger partial charge in [0.05, 0.1) is 14.2 Å². The van der Waals surface area contributed by atoms with Crippen LogP contribution in [0.5, 0.6) is 11.5 Å². The molecule has 1 amide bonds. The van der Waals surface area contributed by atoms with Crippen molar-refractivity contribution in [3.05, 3.63) is 35.4 Å². The van der Waals surface area contributed by atoms with E-state index in [1.165, 1.54) is 30.5 Å². The van der Waals surface area contributed by atoms with E-state index in [0.29, 0.717) is 49.5 Å². The van der Waals surface area contributed by atoms with Crippen molar-refractivity contribution in [3.63, 3.8) is 0 Å². The lowest BCUT2D eigenvalue weighted by atomic mass is 9.69. The van der Waals surface area contributed by atoms with Crippen LogP contribution in [0, 0.1) is 5.41 Å². The zero-order chi connectivity index (χ0) is 23.4. The molecule has 1 heterocycles. The van der Waals surface area contributed by atoms with E-state index in [-0.39, 0.29) is 11.3 Å². The average molecular weight is 466 g/mol. The number of carbonyl (C=O) groups is 1. The molecule has 1 aliphatic carbocycles. The summed E-state index contributed by atoms with van der Waals surface area (Å²) >= 11 is 0. The monoisotopic (exact) mass is 465 g/mol. The predicted octanol–water partition coefficient (Wildman–Crippen LogP) is 2.82. The minimum atomic E-state index is -3.45. The average Bonchev–Trinajstić information content (AvgIpc) is 2.82. The highest BCUT2D eigenvalue weighted by molar-refractivity contribution is 7.86. The lowest BCUT2D eigenvalue weighted by Gasteiger charge is -2.44. The summed E-state index contributed by atoms with van der Waals surface area (Å²) in [5.74, 6) is 0.665. The molecule has 178 valence electrons. The Balaban J connectivity index is 1.82. The standard InChI is InChI=1S/C23H35N3O5S/c1-25(2)32(28,29)26-15-13-23(14-16-26,18-9-6-5-7-10-18)17-24-22(27)21-19(30-3)11-8-12-20(21)31-4/h8-9,11-12H,5-7,10,13-17H2,1-4H3,(H,24,27). The largest absolute Gasteiger partial charge is 0.496 e. The number of nitrogens with zero attached hydrogens (tertiary/aromatic N) is 2. The van der Waals surface area contributed by atoms with E-state index in [1.54, 1.807) is 36.6 Å². The van der Waals surface area contributed by atoms with E-state index < -0.39 is 10.2 Å². The second-order valence-corrected chi connectivity index (χ2v) is 10.8. The second kappa shape index (κ2) is 10.2. The second-order valence-electron chi connectivity index (χ2n) is 8.66. The van der Waals surface area contributed by atoms with Gasteiger partial charge in [0.2, 0.25) is 0 Å². The van der Waals surface area contributed by atoms with Crippen LogP contribution in [-0.2, 0) is 10.2 Å². The maximum absolute atomic E-state index is 13.2. The third kappa shape index (κ3) is 4.94. The van der Waals surface area contributed by atoms with Crippen LogP contribution in [0.25, 0.3) is 0 Å². The number of allylic oxidation sites excluding steroid dienone is 1. The van der Waals surface area contributed by atoms with Crippen LogP contribution in [0.1, 0.15) is 48.9 Å². The number of amides is 1. The van der Waals surface area contributed by atoms with Gasteiger partial charge in [-0.1, -0.05) is 17.7 Å². The van der Waals surface area contributed by atoms with Crippen molar-refractivity contribution in [1.82, 2.24) is 13.9 Å². The first-order valence-electron chi connectivity index (χ1n) is 11.1. The Morgan fingerprint density at radius 3 is 2.25 bits per heavy atom. The van der Waals surface area contributed by atoms with Gasteiger partial charge in [0.25, 0.3) is 16.1 Å². The number of carbonyl (C=O) groups excluding carboxylic acids is 1. The summed E-state index contributed by atoms with van der Waals surface area (Å²) in [6, 6.07) is 5.26. The van der Waals surface area contributed by atoms with Crippen molar-refractivity contribution in [2.75, 3.05) is 47.9 Å². The number of piperidine rings is 1. The molecule has 1 N–H and O–H groups in total. The number of hydrogen-bond acceptors (Lipinski definition) is 5. The molecule has 1 aliphatic heterocycles. The normalized spacial score (nSPS) is 19.3. The molecule has 0 spiro atoms. The highest BCUT2D eigenvalue weighted by Gasteiger charge is 2.41. The fourth-order valence-electron chi connectivity index (χ4n) is 4.72. The molecule has 0 saturated carbocycles. The first-order chi connectivity index (χ1) is 15.2. The Kier molecular flexibility index (Phi) is 7.84. The summed E-state index contributed by atoms with van der Waals surface area (Å²) in [6.07, 6.45) is 7.98. The molecule has 1 aromatic carbocycles. The number of methoxy groups -OCH3 is 2. The Bertz CT molecular complexity index is 928. The molecule has 0 aromatic heterocycles. The molecule has 32 heavy (non-hydrogen) atoms. The van der Waals surface area contributed by atoms with Gasteiger partial charge in [-0.25, -0.2) is 0 Å². The summed E-state index contributed by atoms with van der Waals surface area (Å²) in [7, 11) is 2.73. The molecule has 1 fully saturated rings. The molecule has 8 nitrogen and oxygen atoms in total. The molecule has 0 unspecified atom stereocenters. The quantitative estimate of drug-likeness (QED) is 0.597. The molecule has 9 heteroatoms. The molecule has 3 rings (SSSR count). The van der Waals surface area contributed by atoms with E-state index in [4.69, 9.17) is 9.47 Å². The Morgan fingerprint density at radius 1 is 1.12 bits per heavy atom. The van der Waals surface area contributed by atoms with Gasteiger partial charge in [0.1, 0.15) is 17.1 Å². The van der Waals surface area contributed by atoms with Gasteiger partial charge in [0.15, 0.2) is 0 Å². The summed E-state index contributed by atoms with van der Waals surface area (Å²) < 4.78 is 38.8. The lowest BCUT2D eigenvalue weighted by Crippen LogP contribution is -2.51. The van der Waals surface area contributed by atoms with Gasteiger partial charge in [-0.2, -0.15) is 17.0 Å². The van der Waals surface area contributed by atoms with Crippen LogP contribution in [0.2, 0.25) is 0 Å². The minimum Gasteiger partial charge on any atom is -0.496 e. The SMILES string of the molecule is COc1cccc(OC)c1C(=O)NCC1(C2=CCCCC2)CCN(S(=O)(=O)N(C)C)CC1. The number of ether oxygens (including phenoxy) is 2. The van der Waals surface area contributed by atoms with Gasteiger partial charge in [-0.05, 0) is 50.7 Å². The van der Waals surface area contributed by atoms with Gasteiger partial charge in [-0.3, -0.25) is 4.79 Å². The van der Waals surface area contributed by atoms with E-state index in [2.05, 4.69) is 11.4 Å². The smallest absolute Gasteiger partial charge is 0.281 e. The van der Waals surface area contributed by atoms with Crippen LogP contribution in [0.4, 0.5) is 0 Å². The maximum Gasteiger partial charge on any atom is 0.281 e. The molecule has 1 aromatic rings. The Morgan fingerprint density at radius 2 is 1.75 bits per heavy atom.